The summed E-state index contributed by atoms with van der Waals surface area (Å²) in [5.41, 5.74) is 0.730. The number of nitrogens with zero attached hydrogens (tertiary/aromatic N) is 1. The van der Waals surface area contributed by atoms with Crippen molar-refractivity contribution in [1.29, 1.82) is 0 Å². The van der Waals surface area contributed by atoms with E-state index in [0.29, 0.717) is 11.7 Å². The highest BCUT2D eigenvalue weighted by Gasteiger charge is 2.41. The molecule has 0 spiro atoms. The molecule has 1 aromatic rings. The molecule has 0 radical (unpaired) electrons. The lowest BCUT2D eigenvalue weighted by atomic mass is 9.97. The Kier molecular flexibility index (Phi) is 4.82. The fourth-order valence-electron chi connectivity index (χ4n) is 2.09. The van der Waals surface area contributed by atoms with Crippen LogP contribution in [-0.2, 0) is 10.5 Å². The lowest BCUT2D eigenvalue weighted by Crippen LogP contribution is -2.51. The Labute approximate surface area is 118 Å². The topological polar surface area (TPSA) is 62.2 Å². The minimum absolute atomic E-state index is 0.00232. The number of thioether (sulfide) groups is 1. The van der Waals surface area contributed by atoms with Gasteiger partial charge in [0.25, 0.3) is 0 Å². The molecule has 0 aliphatic heterocycles. The maximum atomic E-state index is 11.9. The normalized spacial score (nSPS) is 17.8. The van der Waals surface area contributed by atoms with Crippen molar-refractivity contribution in [3.63, 3.8) is 0 Å². The van der Waals surface area contributed by atoms with Crippen molar-refractivity contribution in [2.45, 2.75) is 31.1 Å². The summed E-state index contributed by atoms with van der Waals surface area (Å²) in [6, 6.07) is 3.90. The van der Waals surface area contributed by atoms with E-state index >= 15 is 0 Å². The van der Waals surface area contributed by atoms with E-state index in [9.17, 15) is 9.90 Å². The number of aromatic nitrogens is 1. The summed E-state index contributed by atoms with van der Waals surface area (Å²) in [5.74, 6) is 1.66. The van der Waals surface area contributed by atoms with E-state index in [2.05, 4.69) is 10.3 Å². The van der Waals surface area contributed by atoms with Gasteiger partial charge in [0.1, 0.15) is 0 Å². The molecule has 1 fully saturated rings. The molecule has 1 saturated carbocycles. The Hall–Kier alpha value is -1.07. The smallest absolute Gasteiger partial charge is 0.230 e. The van der Waals surface area contributed by atoms with Gasteiger partial charge in [-0.1, -0.05) is 0 Å². The zero-order valence-corrected chi connectivity index (χ0v) is 11.9. The molecule has 4 nitrogen and oxygen atoms in total. The van der Waals surface area contributed by atoms with Crippen LogP contribution in [0, 0.1) is 5.92 Å². The fraction of sp³-hybridized carbons (Fsp3) is 0.571. The van der Waals surface area contributed by atoms with E-state index in [1.165, 1.54) is 5.56 Å². The third-order valence-corrected chi connectivity index (χ3v) is 4.49. The number of rotatable bonds is 7. The number of carbonyl (C=O) groups is 1. The summed E-state index contributed by atoms with van der Waals surface area (Å²) >= 11 is 1.58. The van der Waals surface area contributed by atoms with Gasteiger partial charge in [-0.25, -0.2) is 0 Å². The predicted molar refractivity (Wildman–Crippen MR) is 76.8 cm³/mol. The Morgan fingerprint density at radius 3 is 2.79 bits per heavy atom. The molecule has 1 aliphatic carbocycles. The first-order valence-corrected chi connectivity index (χ1v) is 7.68. The van der Waals surface area contributed by atoms with Crippen LogP contribution in [0.5, 0.6) is 0 Å². The maximum Gasteiger partial charge on any atom is 0.230 e. The lowest BCUT2D eigenvalue weighted by molar-refractivity contribution is -0.121. The van der Waals surface area contributed by atoms with Crippen LogP contribution in [0.4, 0.5) is 0 Å². The van der Waals surface area contributed by atoms with Crippen LogP contribution >= 0.6 is 11.8 Å². The van der Waals surface area contributed by atoms with Gasteiger partial charge in [-0.05, 0) is 43.4 Å². The van der Waals surface area contributed by atoms with Crippen molar-refractivity contribution in [2.75, 3.05) is 12.4 Å². The predicted octanol–water partition coefficient (Wildman–Crippen LogP) is 1.59. The van der Waals surface area contributed by atoms with Crippen LogP contribution in [0.3, 0.4) is 0 Å². The van der Waals surface area contributed by atoms with E-state index in [4.69, 9.17) is 0 Å². The van der Waals surface area contributed by atoms with Gasteiger partial charge in [-0.2, -0.15) is 0 Å². The van der Waals surface area contributed by atoms with Gasteiger partial charge in [0.15, 0.2) is 0 Å². The highest BCUT2D eigenvalue weighted by molar-refractivity contribution is 7.99. The molecule has 104 valence electrons. The molecule has 0 aromatic carbocycles. The Morgan fingerprint density at radius 1 is 1.53 bits per heavy atom. The van der Waals surface area contributed by atoms with Crippen molar-refractivity contribution in [3.05, 3.63) is 30.1 Å². The summed E-state index contributed by atoms with van der Waals surface area (Å²) in [6.07, 6.45) is 5.71. The largest absolute Gasteiger partial charge is 0.394 e. The van der Waals surface area contributed by atoms with Gasteiger partial charge in [-0.3, -0.25) is 9.78 Å². The molecule has 2 N–H and O–H groups in total. The number of aliphatic hydroxyl groups is 1. The number of amides is 1. The summed E-state index contributed by atoms with van der Waals surface area (Å²) in [6.45, 7) is 1.94. The third-order valence-electron chi connectivity index (χ3n) is 3.48. The van der Waals surface area contributed by atoms with Gasteiger partial charge < -0.3 is 10.4 Å². The van der Waals surface area contributed by atoms with E-state index < -0.39 is 5.54 Å². The van der Waals surface area contributed by atoms with Gasteiger partial charge >= 0.3 is 0 Å². The molecule has 1 heterocycles. The molecular formula is C14H20N2O2S. The highest BCUT2D eigenvalue weighted by atomic mass is 32.2. The average molecular weight is 280 g/mol. The molecule has 0 bridgehead atoms. The molecule has 0 saturated heterocycles. The lowest BCUT2D eigenvalue weighted by Gasteiger charge is -2.28. The Morgan fingerprint density at radius 2 is 2.21 bits per heavy atom. The van der Waals surface area contributed by atoms with Gasteiger partial charge in [0.2, 0.25) is 5.91 Å². The van der Waals surface area contributed by atoms with Crippen LogP contribution in [0.15, 0.2) is 24.5 Å². The van der Waals surface area contributed by atoms with Gasteiger partial charge in [0.05, 0.1) is 17.9 Å². The van der Waals surface area contributed by atoms with Crippen LogP contribution in [0.1, 0.15) is 25.3 Å². The van der Waals surface area contributed by atoms with E-state index in [-0.39, 0.29) is 12.5 Å². The molecule has 1 amide bonds. The number of hydrogen-bond donors (Lipinski definition) is 2. The summed E-state index contributed by atoms with van der Waals surface area (Å²) in [5, 5.41) is 12.4. The quantitative estimate of drug-likeness (QED) is 0.796. The number of nitrogens with one attached hydrogen (secondary N) is 1. The first-order valence-electron chi connectivity index (χ1n) is 6.52. The summed E-state index contributed by atoms with van der Waals surface area (Å²) in [7, 11) is 0. The molecule has 1 atom stereocenters. The van der Waals surface area contributed by atoms with Crippen molar-refractivity contribution in [3.8, 4) is 0 Å². The van der Waals surface area contributed by atoms with Gasteiger partial charge in [-0.15, -0.1) is 11.8 Å². The van der Waals surface area contributed by atoms with Gasteiger partial charge in [0, 0.05) is 18.1 Å². The fourth-order valence-corrected chi connectivity index (χ4v) is 2.87. The molecular weight excluding hydrogens is 260 g/mol. The van der Waals surface area contributed by atoms with Crippen molar-refractivity contribution in [2.24, 2.45) is 5.92 Å². The Balaban J connectivity index is 1.72. The average Bonchev–Trinajstić information content (AvgIpc) is 3.24. The molecule has 5 heteroatoms. The van der Waals surface area contributed by atoms with Crippen LogP contribution < -0.4 is 5.32 Å². The first-order chi connectivity index (χ1) is 9.14. The second-order valence-corrected chi connectivity index (χ2v) is 6.23. The number of hydrogen-bond acceptors (Lipinski definition) is 4. The number of aliphatic hydroxyl groups excluding tert-OH is 1. The maximum absolute atomic E-state index is 11.9. The van der Waals surface area contributed by atoms with Crippen LogP contribution in [0.2, 0.25) is 0 Å². The molecule has 1 aliphatic rings. The summed E-state index contributed by atoms with van der Waals surface area (Å²) in [4.78, 5) is 15.8. The van der Waals surface area contributed by atoms with Crippen molar-refractivity contribution in [1.82, 2.24) is 10.3 Å². The minimum Gasteiger partial charge on any atom is -0.394 e. The molecule has 19 heavy (non-hydrogen) atoms. The standard InChI is InChI=1S/C14H20N2O2S/c1-14(10-17,12-2-3-12)16-13(18)9-19-8-11-4-6-15-7-5-11/h4-7,12,17H,2-3,8-10H2,1H3,(H,16,18). The van der Waals surface area contributed by atoms with Crippen LogP contribution in [0.25, 0.3) is 0 Å². The second-order valence-electron chi connectivity index (χ2n) is 5.25. The zero-order valence-electron chi connectivity index (χ0n) is 11.1. The van der Waals surface area contributed by atoms with E-state index in [1.54, 1.807) is 24.2 Å². The monoisotopic (exact) mass is 280 g/mol. The molecule has 1 unspecified atom stereocenters. The zero-order chi connectivity index (χ0) is 13.7. The van der Waals surface area contributed by atoms with E-state index in [1.807, 2.05) is 19.1 Å². The minimum atomic E-state index is -0.436. The Bertz CT molecular complexity index is 423. The highest BCUT2D eigenvalue weighted by Crippen LogP contribution is 2.39. The third kappa shape index (κ3) is 4.21. The van der Waals surface area contributed by atoms with Crippen molar-refractivity contribution >= 4 is 17.7 Å². The number of pyridine rings is 1. The SMILES string of the molecule is CC(CO)(NC(=O)CSCc1ccncc1)C1CC1. The first kappa shape index (κ1) is 14.3. The van der Waals surface area contributed by atoms with Crippen molar-refractivity contribution < 1.29 is 9.90 Å². The summed E-state index contributed by atoms with van der Waals surface area (Å²) < 4.78 is 0. The molecule has 2 rings (SSSR count). The number of carbonyl (C=O) groups excluding carboxylic acids is 1. The molecule has 1 aromatic heterocycles. The second kappa shape index (κ2) is 6.39. The van der Waals surface area contributed by atoms with E-state index in [0.717, 1.165) is 18.6 Å². The van der Waals surface area contributed by atoms with Crippen LogP contribution in [-0.4, -0.2) is 33.9 Å².